The second-order valence-corrected chi connectivity index (χ2v) is 8.19. The fourth-order valence-corrected chi connectivity index (χ4v) is 5.14. The summed E-state index contributed by atoms with van der Waals surface area (Å²) in [6.07, 6.45) is 0. The molecule has 4 rings (SSSR count). The Morgan fingerprint density at radius 3 is 2.33 bits per heavy atom. The van der Waals surface area contributed by atoms with Gasteiger partial charge in [0.25, 0.3) is 0 Å². The molecule has 2 aliphatic rings. The van der Waals surface area contributed by atoms with E-state index in [1.54, 1.807) is 0 Å². The summed E-state index contributed by atoms with van der Waals surface area (Å²) in [6.45, 7) is 7.38. The molecule has 0 bridgehead atoms. The molecule has 1 saturated carbocycles. The highest BCUT2D eigenvalue weighted by molar-refractivity contribution is 5.94. The van der Waals surface area contributed by atoms with Crippen molar-refractivity contribution in [3.05, 3.63) is 71.8 Å². The molecule has 1 saturated heterocycles. The molecule has 0 aromatic heterocycles. The Bertz CT molecular complexity index is 792. The van der Waals surface area contributed by atoms with Gasteiger partial charge in [0.1, 0.15) is 0 Å². The minimum Gasteiger partial charge on any atom is -0.369 e. The van der Waals surface area contributed by atoms with E-state index in [0.29, 0.717) is 12.0 Å². The number of nitrogens with zero attached hydrogens (tertiary/aromatic N) is 1. The van der Waals surface area contributed by atoms with Crippen LogP contribution in [0.4, 0.5) is 0 Å². The van der Waals surface area contributed by atoms with Crippen molar-refractivity contribution < 1.29 is 4.79 Å². The van der Waals surface area contributed by atoms with Gasteiger partial charge in [0.05, 0.1) is 5.41 Å². The molecule has 1 aliphatic heterocycles. The Kier molecular flexibility index (Phi) is 4.79. The average Bonchev–Trinajstić information content (AvgIpc) is 3.41. The summed E-state index contributed by atoms with van der Waals surface area (Å²) >= 11 is 0. The lowest BCUT2D eigenvalue weighted by Crippen LogP contribution is -2.56. The Labute approximate surface area is 161 Å². The highest BCUT2D eigenvalue weighted by Crippen LogP contribution is 2.63. The maximum absolute atomic E-state index is 13.0. The van der Waals surface area contributed by atoms with Crippen LogP contribution in [0.5, 0.6) is 0 Å². The first-order valence-electron chi connectivity index (χ1n) is 9.95. The number of benzene rings is 2. The van der Waals surface area contributed by atoms with Crippen molar-refractivity contribution in [3.8, 4) is 0 Å². The molecule has 4 heteroatoms. The number of hydrogen-bond acceptors (Lipinski definition) is 3. The van der Waals surface area contributed by atoms with Gasteiger partial charge in [-0.05, 0) is 17.0 Å². The molecule has 3 N–H and O–H groups in total. The van der Waals surface area contributed by atoms with Gasteiger partial charge in [-0.3, -0.25) is 9.69 Å². The smallest absolute Gasteiger partial charge is 0.230 e. The SMILES string of the molecule is CC(C)C1CNCCN1C1C(c2ccccc2)C1(C(N)=O)c1ccccc1. The van der Waals surface area contributed by atoms with E-state index in [4.69, 9.17) is 5.73 Å². The maximum Gasteiger partial charge on any atom is 0.230 e. The highest BCUT2D eigenvalue weighted by Gasteiger charge is 2.72. The van der Waals surface area contributed by atoms with Crippen LogP contribution in [-0.2, 0) is 10.2 Å². The minimum absolute atomic E-state index is 0.0953. The van der Waals surface area contributed by atoms with Crippen molar-refractivity contribution in [1.82, 2.24) is 10.2 Å². The standard InChI is InChI=1S/C23H29N3O/c1-16(2)19-15-25-13-14-26(19)21-20(17-9-5-3-6-10-17)23(21,22(24)27)18-11-7-4-8-12-18/h3-12,16,19-21,25H,13-15H2,1-2H3,(H2,24,27). The topological polar surface area (TPSA) is 58.4 Å². The summed E-state index contributed by atoms with van der Waals surface area (Å²) < 4.78 is 0. The number of hydrogen-bond donors (Lipinski definition) is 2. The number of primary amides is 1. The van der Waals surface area contributed by atoms with Crippen molar-refractivity contribution in [2.75, 3.05) is 19.6 Å². The monoisotopic (exact) mass is 363 g/mol. The number of piperazine rings is 1. The van der Waals surface area contributed by atoms with Gasteiger partial charge in [-0.2, -0.15) is 0 Å². The fourth-order valence-electron chi connectivity index (χ4n) is 5.14. The number of nitrogens with two attached hydrogens (primary N) is 1. The Morgan fingerprint density at radius 1 is 1.11 bits per heavy atom. The lowest BCUT2D eigenvalue weighted by Gasteiger charge is -2.40. The molecule has 142 valence electrons. The summed E-state index contributed by atoms with van der Waals surface area (Å²) in [6, 6.07) is 21.1. The molecule has 27 heavy (non-hydrogen) atoms. The summed E-state index contributed by atoms with van der Waals surface area (Å²) in [7, 11) is 0. The van der Waals surface area contributed by atoms with E-state index < -0.39 is 5.41 Å². The first-order chi connectivity index (χ1) is 13.1. The Balaban J connectivity index is 1.83. The van der Waals surface area contributed by atoms with Gasteiger partial charge in [0.15, 0.2) is 0 Å². The molecule has 1 heterocycles. The van der Waals surface area contributed by atoms with Gasteiger partial charge < -0.3 is 11.1 Å². The predicted molar refractivity (Wildman–Crippen MR) is 108 cm³/mol. The van der Waals surface area contributed by atoms with Gasteiger partial charge in [-0.25, -0.2) is 0 Å². The Morgan fingerprint density at radius 2 is 1.74 bits per heavy atom. The quantitative estimate of drug-likeness (QED) is 0.858. The molecule has 0 radical (unpaired) electrons. The zero-order valence-electron chi connectivity index (χ0n) is 16.1. The number of carbonyl (C=O) groups is 1. The van der Waals surface area contributed by atoms with Crippen LogP contribution in [0.2, 0.25) is 0 Å². The largest absolute Gasteiger partial charge is 0.369 e. The van der Waals surface area contributed by atoms with Crippen LogP contribution in [0, 0.1) is 5.92 Å². The van der Waals surface area contributed by atoms with Crippen molar-refractivity contribution in [2.45, 2.75) is 37.3 Å². The molecule has 4 nitrogen and oxygen atoms in total. The number of amides is 1. The van der Waals surface area contributed by atoms with Crippen LogP contribution in [0.15, 0.2) is 60.7 Å². The van der Waals surface area contributed by atoms with Gasteiger partial charge in [-0.15, -0.1) is 0 Å². The second-order valence-electron chi connectivity index (χ2n) is 8.19. The third-order valence-corrected chi connectivity index (χ3v) is 6.43. The van der Waals surface area contributed by atoms with Gasteiger partial charge in [0, 0.05) is 37.6 Å². The van der Waals surface area contributed by atoms with Gasteiger partial charge >= 0.3 is 0 Å². The lowest BCUT2D eigenvalue weighted by atomic mass is 9.89. The molecule has 4 unspecified atom stereocenters. The first kappa shape index (κ1) is 18.2. The zero-order chi connectivity index (χ0) is 19.0. The zero-order valence-corrected chi connectivity index (χ0v) is 16.1. The minimum atomic E-state index is -0.660. The fraction of sp³-hybridized carbons (Fsp3) is 0.435. The molecule has 2 aromatic carbocycles. The van der Waals surface area contributed by atoms with E-state index in [-0.39, 0.29) is 17.9 Å². The summed E-state index contributed by atoms with van der Waals surface area (Å²) in [4.78, 5) is 15.5. The Hall–Kier alpha value is -2.17. The van der Waals surface area contributed by atoms with Crippen LogP contribution in [-0.4, -0.2) is 42.5 Å². The van der Waals surface area contributed by atoms with E-state index in [9.17, 15) is 4.79 Å². The molecular weight excluding hydrogens is 334 g/mol. The van der Waals surface area contributed by atoms with Crippen molar-refractivity contribution in [2.24, 2.45) is 11.7 Å². The first-order valence-corrected chi connectivity index (χ1v) is 9.95. The normalized spacial score (nSPS) is 31.0. The highest BCUT2D eigenvalue weighted by atomic mass is 16.1. The van der Waals surface area contributed by atoms with Crippen LogP contribution in [0.3, 0.4) is 0 Å². The number of carbonyl (C=O) groups excluding carboxylic acids is 1. The summed E-state index contributed by atoms with van der Waals surface area (Å²) in [5, 5.41) is 3.52. The van der Waals surface area contributed by atoms with E-state index in [0.717, 1.165) is 25.2 Å². The molecule has 1 amide bonds. The van der Waals surface area contributed by atoms with E-state index in [1.807, 2.05) is 24.3 Å². The molecule has 1 aliphatic carbocycles. The van der Waals surface area contributed by atoms with E-state index >= 15 is 0 Å². The lowest BCUT2D eigenvalue weighted by molar-refractivity contribution is -0.121. The molecule has 2 fully saturated rings. The molecule has 4 atom stereocenters. The summed E-state index contributed by atoms with van der Waals surface area (Å²) in [5.74, 6) is 0.391. The molecule has 0 spiro atoms. The summed E-state index contributed by atoms with van der Waals surface area (Å²) in [5.41, 5.74) is 7.71. The second kappa shape index (κ2) is 7.10. The predicted octanol–water partition coefficient (Wildman–Crippen LogP) is 2.51. The third-order valence-electron chi connectivity index (χ3n) is 6.43. The van der Waals surface area contributed by atoms with Crippen LogP contribution in [0.1, 0.15) is 30.9 Å². The number of rotatable bonds is 5. The molecule has 2 aromatic rings. The maximum atomic E-state index is 13.0. The van der Waals surface area contributed by atoms with Gasteiger partial charge in [-0.1, -0.05) is 74.5 Å². The number of nitrogens with one attached hydrogen (secondary N) is 1. The van der Waals surface area contributed by atoms with Crippen LogP contribution >= 0.6 is 0 Å². The van der Waals surface area contributed by atoms with Crippen LogP contribution in [0.25, 0.3) is 0 Å². The van der Waals surface area contributed by atoms with Crippen molar-refractivity contribution in [3.63, 3.8) is 0 Å². The molecular formula is C23H29N3O. The third kappa shape index (κ3) is 2.88. The van der Waals surface area contributed by atoms with Crippen molar-refractivity contribution in [1.29, 1.82) is 0 Å². The van der Waals surface area contributed by atoms with E-state index in [2.05, 4.69) is 60.5 Å². The average molecular weight is 364 g/mol. The van der Waals surface area contributed by atoms with Gasteiger partial charge in [0.2, 0.25) is 5.91 Å². The van der Waals surface area contributed by atoms with Crippen molar-refractivity contribution >= 4 is 5.91 Å². The van der Waals surface area contributed by atoms with E-state index in [1.165, 1.54) is 5.56 Å². The van der Waals surface area contributed by atoms with Crippen LogP contribution < -0.4 is 11.1 Å².